The number of aromatic carboxylic acids is 1. The number of nitrogens with one attached hydrogen (secondary N) is 3. The summed E-state index contributed by atoms with van der Waals surface area (Å²) in [4.78, 5) is 69.5. The second-order valence-electron chi connectivity index (χ2n) is 20.1. The van der Waals surface area contributed by atoms with Crippen molar-refractivity contribution in [3.8, 4) is 71.0 Å². The molecule has 0 fully saturated rings. The second kappa shape index (κ2) is 34.5. The van der Waals surface area contributed by atoms with Crippen LogP contribution in [0.5, 0.6) is 0 Å². The van der Waals surface area contributed by atoms with Crippen molar-refractivity contribution in [2.45, 2.75) is 76.5 Å². The van der Waals surface area contributed by atoms with Crippen LogP contribution in [-0.2, 0) is 23.9 Å². The minimum atomic E-state index is -1.57. The van der Waals surface area contributed by atoms with Crippen LogP contribution in [0.4, 0.5) is 17.1 Å². The van der Waals surface area contributed by atoms with Crippen LogP contribution in [0.2, 0.25) is 0 Å². The van der Waals surface area contributed by atoms with Crippen LogP contribution in [0.1, 0.15) is 106 Å². The van der Waals surface area contributed by atoms with Gasteiger partial charge in [-0.25, -0.2) is 15.1 Å². The molecule has 3 amide bonds. The van der Waals surface area contributed by atoms with Crippen molar-refractivity contribution in [1.29, 1.82) is 0 Å². The summed E-state index contributed by atoms with van der Waals surface area (Å²) < 4.78 is 8.95. The number of esters is 2. The predicted octanol–water partition coefficient (Wildman–Crippen LogP) is 4.39. The Bertz CT molecular complexity index is 3660. The number of nitrogen functional groups attached to an aromatic ring is 3. The highest BCUT2D eigenvalue weighted by Gasteiger charge is 2.37. The van der Waals surface area contributed by atoms with Gasteiger partial charge in [-0.05, 0) is 186 Å². The minimum Gasteiger partial charge on any atom is -0.478 e. The van der Waals surface area contributed by atoms with Gasteiger partial charge >= 0.3 is 17.9 Å². The lowest BCUT2D eigenvalue weighted by Crippen LogP contribution is -2.57. The number of methoxy groups -OCH3 is 2. The zero-order chi connectivity index (χ0) is 65.6. The molecule has 20 nitrogen and oxygen atoms in total. The number of benzene rings is 6. The largest absolute Gasteiger partial charge is 0.478 e. The van der Waals surface area contributed by atoms with Gasteiger partial charge in [0.05, 0.1) is 36.6 Å². The molecule has 0 aliphatic heterocycles. The maximum Gasteiger partial charge on any atom is 0.335 e. The van der Waals surface area contributed by atoms with E-state index in [1.54, 1.807) is 72.8 Å². The third-order valence-corrected chi connectivity index (χ3v) is 11.7. The Labute approximate surface area is 511 Å². The number of hydroxylamine groups is 1. The van der Waals surface area contributed by atoms with Gasteiger partial charge in [0.1, 0.15) is 12.1 Å². The van der Waals surface area contributed by atoms with Crippen molar-refractivity contribution in [2.75, 3.05) is 31.4 Å². The third-order valence-electron chi connectivity index (χ3n) is 11.7. The number of carbonyl (C=O) groups excluding carboxylic acids is 5. The number of hydrogen-bond acceptors (Lipinski definition) is 16. The van der Waals surface area contributed by atoms with Crippen LogP contribution in [0.15, 0.2) is 146 Å². The summed E-state index contributed by atoms with van der Waals surface area (Å²) in [5, 5.41) is 51.7. The zero-order valence-corrected chi connectivity index (χ0v) is 49.4. The molecule has 452 valence electrons. The minimum absolute atomic E-state index is 0.235. The van der Waals surface area contributed by atoms with Gasteiger partial charge in [0, 0.05) is 61.6 Å². The number of hydrogen-bond donors (Lipinski definition) is 12. The molecule has 0 unspecified atom stereocenters. The summed E-state index contributed by atoms with van der Waals surface area (Å²) in [5.41, 5.74) is 26.6. The molecular formula is C68H67N7O13. The summed E-state index contributed by atoms with van der Waals surface area (Å²) in [6.45, 7) is 8.42. The van der Waals surface area contributed by atoms with Crippen LogP contribution < -0.4 is 39.0 Å². The molecule has 0 radical (unpaired) electrons. The van der Waals surface area contributed by atoms with Gasteiger partial charge in [-0.15, -0.1) is 0 Å². The van der Waals surface area contributed by atoms with Gasteiger partial charge in [0.2, 0.25) is 0 Å². The fourth-order valence-corrected chi connectivity index (χ4v) is 6.66. The highest BCUT2D eigenvalue weighted by Crippen LogP contribution is 2.15. The third kappa shape index (κ3) is 24.5. The average molecular weight is 1190 g/mol. The van der Waals surface area contributed by atoms with E-state index >= 15 is 0 Å². The Balaban J connectivity index is 0.000000324. The number of anilines is 3. The Morgan fingerprint density at radius 2 is 0.727 bits per heavy atom. The van der Waals surface area contributed by atoms with E-state index in [0.29, 0.717) is 50.4 Å². The lowest BCUT2D eigenvalue weighted by Gasteiger charge is -2.28. The number of amides is 3. The number of aliphatic hydroxyl groups is 3. The van der Waals surface area contributed by atoms with Gasteiger partial charge in [0.15, 0.2) is 6.04 Å². The molecular weight excluding hydrogens is 1120 g/mol. The standard InChI is InChI=1S/C23H22N2O4.C22H21N3O4.C17H11NO2.C6H13NO3/c1-23(2,28)20(22(27)29-3)25-21(26)18-14-12-16(13-15-18)8-4-5-9-17-10-6-7-11-19(17)24;1-22(2,28)19(21(27)25-29)24-20(26)17-13-11-15(12-14-17)7-3-4-8-16-9-5-6-10-18(16)23;18-16-8-4-3-7-14(16)6-2-1-5-13-9-11-15(12-10-13)17(19)20;1-6(2,9)4(7)5(8)10-3/h6-7,10-15,20,28H,24H2,1-3H3,(H,25,26);5-6,9-14,19,28-29H,23H2,1-2H3,(H,24,26)(H,25,27);3-4,7-12H,18H2,(H,19,20);4,9H,7H2,1-3H3/t20-;19-;;4-/m11.1/s1. The van der Waals surface area contributed by atoms with E-state index in [0.717, 1.165) is 5.56 Å². The first-order chi connectivity index (χ1) is 41.5. The highest BCUT2D eigenvalue weighted by molar-refractivity contribution is 5.98. The topological polar surface area (TPSA) is 362 Å². The molecule has 0 saturated heterocycles. The van der Waals surface area contributed by atoms with Crippen molar-refractivity contribution >= 4 is 52.7 Å². The van der Waals surface area contributed by atoms with Crippen LogP contribution in [-0.4, -0.2) is 110 Å². The van der Waals surface area contributed by atoms with Gasteiger partial charge in [-0.1, -0.05) is 71.9 Å². The van der Waals surface area contributed by atoms with E-state index in [2.05, 4.69) is 91.2 Å². The first-order valence-corrected chi connectivity index (χ1v) is 26.3. The Morgan fingerprint density at radius 3 is 0.989 bits per heavy atom. The molecule has 0 aliphatic rings. The van der Waals surface area contributed by atoms with Crippen molar-refractivity contribution in [1.82, 2.24) is 16.1 Å². The maximum atomic E-state index is 12.4. The lowest BCUT2D eigenvalue weighted by atomic mass is 9.97. The van der Waals surface area contributed by atoms with Gasteiger partial charge in [0.25, 0.3) is 17.7 Å². The molecule has 0 spiro atoms. The van der Waals surface area contributed by atoms with Gasteiger partial charge in [-0.2, -0.15) is 0 Å². The Hall–Kier alpha value is -11.3. The Kier molecular flexibility index (Phi) is 27.8. The summed E-state index contributed by atoms with van der Waals surface area (Å²) in [5.74, 6) is 29.3. The Morgan fingerprint density at radius 1 is 0.432 bits per heavy atom. The molecule has 0 aliphatic carbocycles. The molecule has 6 aromatic rings. The molecule has 88 heavy (non-hydrogen) atoms. The maximum absolute atomic E-state index is 12.4. The van der Waals surface area contributed by atoms with E-state index in [9.17, 15) is 39.0 Å². The normalized spacial score (nSPS) is 11.0. The number of para-hydroxylation sites is 3. The molecule has 0 bridgehead atoms. The van der Waals surface area contributed by atoms with Crippen LogP contribution in [0.3, 0.4) is 0 Å². The summed E-state index contributed by atoms with van der Waals surface area (Å²) in [6, 6.07) is 37.4. The SMILES string of the molecule is CC(C)(O)[C@H](NC(=O)c1ccc(C#CC#Cc2ccccc2N)cc1)C(=O)NO.COC(=O)[C@@H](N)C(C)(C)O.COC(=O)[C@@H](NC(=O)c1ccc(C#CC#Cc2ccccc2N)cc1)C(C)(C)O.Nc1ccccc1C#CC#Cc1ccc(C(=O)O)cc1. The number of carboxylic acids is 1. The van der Waals surface area contributed by atoms with E-state index in [4.69, 9.17) is 38.4 Å². The highest BCUT2D eigenvalue weighted by atomic mass is 16.5. The van der Waals surface area contributed by atoms with Crippen LogP contribution >= 0.6 is 0 Å². The zero-order valence-electron chi connectivity index (χ0n) is 49.4. The number of rotatable bonds is 11. The van der Waals surface area contributed by atoms with E-state index in [-0.39, 0.29) is 11.1 Å². The van der Waals surface area contributed by atoms with E-state index in [1.807, 2.05) is 48.5 Å². The van der Waals surface area contributed by atoms with Crippen molar-refractivity contribution in [3.63, 3.8) is 0 Å². The number of nitrogens with two attached hydrogens (primary N) is 4. The van der Waals surface area contributed by atoms with E-state index in [1.165, 1.54) is 85.5 Å². The van der Waals surface area contributed by atoms with Crippen molar-refractivity contribution in [2.24, 2.45) is 5.73 Å². The van der Waals surface area contributed by atoms with Crippen molar-refractivity contribution < 1.29 is 63.9 Å². The van der Waals surface area contributed by atoms with Crippen LogP contribution in [0.25, 0.3) is 0 Å². The first-order valence-electron chi connectivity index (χ1n) is 26.3. The smallest absolute Gasteiger partial charge is 0.335 e. The molecule has 0 saturated carbocycles. The van der Waals surface area contributed by atoms with Crippen LogP contribution in [0, 0.1) is 71.0 Å². The summed E-state index contributed by atoms with van der Waals surface area (Å²) in [6.07, 6.45) is 0. The molecule has 20 heteroatoms. The van der Waals surface area contributed by atoms with Gasteiger partial charge < -0.3 is 63.5 Å². The fraction of sp³-hybridized carbons (Fsp3) is 0.206. The summed E-state index contributed by atoms with van der Waals surface area (Å²) >= 11 is 0. The molecule has 0 heterocycles. The quantitative estimate of drug-likeness (QED) is 0.0281. The summed E-state index contributed by atoms with van der Waals surface area (Å²) in [7, 11) is 2.42. The first kappa shape index (κ1) is 71.0. The number of ether oxygens (including phenoxy) is 2. The second-order valence-corrected chi connectivity index (χ2v) is 20.1. The molecule has 3 atom stereocenters. The number of carbonyl (C=O) groups is 6. The predicted molar refractivity (Wildman–Crippen MR) is 333 cm³/mol. The van der Waals surface area contributed by atoms with Crippen molar-refractivity contribution in [3.05, 3.63) is 196 Å². The lowest BCUT2D eigenvalue weighted by molar-refractivity contribution is -0.149. The van der Waals surface area contributed by atoms with E-state index < -0.39 is 70.6 Å². The monoisotopic (exact) mass is 1190 g/mol. The molecule has 6 aromatic carbocycles. The average Bonchev–Trinajstić information content (AvgIpc) is 3.68. The molecule has 0 aromatic heterocycles. The molecule has 6 rings (SSSR count). The van der Waals surface area contributed by atoms with Gasteiger partial charge in [-0.3, -0.25) is 24.4 Å². The number of carboxylic acid groups (broad SMARTS) is 1. The molecule has 16 N–H and O–H groups in total. The fourth-order valence-electron chi connectivity index (χ4n) is 6.66.